The van der Waals surface area contributed by atoms with E-state index in [0.29, 0.717) is 44.0 Å². The van der Waals surface area contributed by atoms with E-state index in [1.165, 1.54) is 19.2 Å². The lowest BCUT2D eigenvalue weighted by atomic mass is 9.90. The largest absolute Gasteiger partial charge is 0.465 e. The van der Waals surface area contributed by atoms with E-state index in [9.17, 15) is 14.0 Å². The first kappa shape index (κ1) is 25.4. The van der Waals surface area contributed by atoms with Crippen LogP contribution in [0.4, 0.5) is 4.39 Å². The summed E-state index contributed by atoms with van der Waals surface area (Å²) in [6, 6.07) is 22.5. The van der Waals surface area contributed by atoms with Crippen molar-refractivity contribution in [1.29, 1.82) is 0 Å². The molecule has 0 amide bonds. The first-order valence-corrected chi connectivity index (χ1v) is 12.5. The fourth-order valence-electron chi connectivity index (χ4n) is 4.72. The van der Waals surface area contributed by atoms with Crippen LogP contribution in [-0.2, 0) is 4.74 Å². The van der Waals surface area contributed by atoms with Gasteiger partial charge in [0.1, 0.15) is 17.2 Å². The van der Waals surface area contributed by atoms with Crippen molar-refractivity contribution in [3.8, 4) is 33.6 Å². The van der Waals surface area contributed by atoms with Crippen LogP contribution in [0.15, 0.2) is 83.3 Å². The molecule has 0 radical (unpaired) electrons. The number of ketones is 1. The Kier molecular flexibility index (Phi) is 6.87. The minimum atomic E-state index is -0.481. The Morgan fingerprint density at radius 3 is 2.29 bits per heavy atom. The van der Waals surface area contributed by atoms with Gasteiger partial charge in [0.2, 0.25) is 0 Å². The lowest BCUT2D eigenvalue weighted by Crippen LogP contribution is -2.05. The van der Waals surface area contributed by atoms with Gasteiger partial charge in [0.25, 0.3) is 0 Å². The van der Waals surface area contributed by atoms with Crippen LogP contribution in [0.5, 0.6) is 0 Å². The zero-order chi connectivity index (χ0) is 27.0. The average Bonchev–Trinajstić information content (AvgIpc) is 3.31. The fraction of sp³-hybridized carbons (Fsp3) is 0.125. The highest BCUT2D eigenvalue weighted by molar-refractivity contribution is 6.33. The Bertz CT molecular complexity index is 1700. The summed E-state index contributed by atoms with van der Waals surface area (Å²) in [7, 11) is 1.34. The average molecular weight is 527 g/mol. The maximum Gasteiger partial charge on any atom is 0.338 e. The van der Waals surface area contributed by atoms with Gasteiger partial charge in [-0.15, -0.1) is 0 Å². The van der Waals surface area contributed by atoms with Crippen LogP contribution in [-0.4, -0.2) is 18.9 Å². The molecule has 0 saturated heterocycles. The number of hydrogen-bond donors (Lipinski definition) is 0. The molecule has 1 aromatic heterocycles. The summed E-state index contributed by atoms with van der Waals surface area (Å²) in [5.41, 5.74) is 5.93. The van der Waals surface area contributed by atoms with Gasteiger partial charge in [0, 0.05) is 28.0 Å². The number of fused-ring (bicyclic) bond motifs is 1. The lowest BCUT2D eigenvalue weighted by molar-refractivity contribution is 0.0601. The topological polar surface area (TPSA) is 56.5 Å². The molecule has 0 N–H and O–H groups in total. The van der Waals surface area contributed by atoms with Gasteiger partial charge in [-0.1, -0.05) is 42.8 Å². The minimum absolute atomic E-state index is 0.0822. The molecule has 0 saturated carbocycles. The number of Topliss-reactive ketones (excluding diaryl/α,β-unsaturated/α-hetero) is 1. The van der Waals surface area contributed by atoms with Crippen molar-refractivity contribution < 1.29 is 23.1 Å². The van der Waals surface area contributed by atoms with Crippen molar-refractivity contribution in [2.75, 3.05) is 7.11 Å². The smallest absolute Gasteiger partial charge is 0.338 e. The van der Waals surface area contributed by atoms with Gasteiger partial charge in [-0.05, 0) is 83.8 Å². The number of benzene rings is 4. The number of furan rings is 1. The molecule has 0 fully saturated rings. The Labute approximate surface area is 224 Å². The molecule has 0 spiro atoms. The molecule has 5 aromatic rings. The highest BCUT2D eigenvalue weighted by atomic mass is 35.5. The Morgan fingerprint density at radius 1 is 0.895 bits per heavy atom. The third kappa shape index (κ3) is 4.50. The molecule has 1 heterocycles. The van der Waals surface area contributed by atoms with E-state index in [4.69, 9.17) is 20.8 Å². The van der Waals surface area contributed by atoms with Crippen LogP contribution in [0, 0.1) is 12.7 Å². The van der Waals surface area contributed by atoms with Gasteiger partial charge in [-0.2, -0.15) is 0 Å². The van der Waals surface area contributed by atoms with Crippen molar-refractivity contribution in [1.82, 2.24) is 0 Å². The second kappa shape index (κ2) is 10.3. The Balaban J connectivity index is 1.72. The Morgan fingerprint density at radius 2 is 1.61 bits per heavy atom. The SMILES string of the molecule is CCC(=O)c1c(-c2ccc(F)cc2)oc2ccc(-c3cc(C(=O)OC)c(-c4ccccc4Cl)cc3C)cc12. The number of aryl methyl sites for hydroxylation is 1. The van der Waals surface area contributed by atoms with E-state index in [-0.39, 0.29) is 18.0 Å². The monoisotopic (exact) mass is 526 g/mol. The molecular weight excluding hydrogens is 503 g/mol. The maximum atomic E-state index is 13.5. The number of rotatable bonds is 6. The van der Waals surface area contributed by atoms with E-state index in [1.54, 1.807) is 31.2 Å². The molecule has 0 unspecified atom stereocenters. The maximum absolute atomic E-state index is 13.5. The summed E-state index contributed by atoms with van der Waals surface area (Å²) >= 11 is 6.46. The van der Waals surface area contributed by atoms with Gasteiger partial charge in [0.05, 0.1) is 18.2 Å². The first-order valence-electron chi connectivity index (χ1n) is 12.2. The highest BCUT2D eigenvalue weighted by Crippen LogP contribution is 2.39. The third-order valence-electron chi connectivity index (χ3n) is 6.64. The molecule has 38 heavy (non-hydrogen) atoms. The summed E-state index contributed by atoms with van der Waals surface area (Å²) in [5, 5.41) is 1.18. The minimum Gasteiger partial charge on any atom is -0.465 e. The van der Waals surface area contributed by atoms with Crippen molar-refractivity contribution >= 4 is 34.3 Å². The zero-order valence-electron chi connectivity index (χ0n) is 21.1. The molecule has 0 aliphatic rings. The molecule has 6 heteroatoms. The van der Waals surface area contributed by atoms with Gasteiger partial charge < -0.3 is 9.15 Å². The van der Waals surface area contributed by atoms with E-state index < -0.39 is 5.97 Å². The van der Waals surface area contributed by atoms with Crippen LogP contribution in [0.25, 0.3) is 44.5 Å². The van der Waals surface area contributed by atoms with Gasteiger partial charge in [-0.25, -0.2) is 9.18 Å². The predicted octanol–water partition coefficient (Wildman–Crippen LogP) is 8.91. The molecular formula is C32H24ClFO4. The van der Waals surface area contributed by atoms with Crippen molar-refractivity contribution in [3.63, 3.8) is 0 Å². The van der Waals surface area contributed by atoms with Gasteiger partial charge in [0.15, 0.2) is 5.78 Å². The first-order chi connectivity index (χ1) is 18.3. The number of carbonyl (C=O) groups excluding carboxylic acids is 2. The molecule has 4 aromatic carbocycles. The number of halogens is 2. The lowest BCUT2D eigenvalue weighted by Gasteiger charge is -2.15. The summed E-state index contributed by atoms with van der Waals surface area (Å²) in [4.78, 5) is 25.9. The van der Waals surface area contributed by atoms with Crippen molar-refractivity contribution in [3.05, 3.63) is 106 Å². The van der Waals surface area contributed by atoms with Crippen LogP contribution in [0.2, 0.25) is 5.02 Å². The summed E-state index contributed by atoms with van der Waals surface area (Å²) in [5.74, 6) is -0.523. The number of carbonyl (C=O) groups is 2. The molecule has 5 rings (SSSR count). The van der Waals surface area contributed by atoms with Crippen LogP contribution in [0.3, 0.4) is 0 Å². The van der Waals surface area contributed by atoms with Crippen molar-refractivity contribution in [2.24, 2.45) is 0 Å². The second-order valence-corrected chi connectivity index (χ2v) is 9.39. The predicted molar refractivity (Wildman–Crippen MR) is 148 cm³/mol. The van der Waals surface area contributed by atoms with E-state index >= 15 is 0 Å². The molecule has 0 atom stereocenters. The summed E-state index contributed by atoms with van der Waals surface area (Å²) < 4.78 is 24.8. The van der Waals surface area contributed by atoms with Gasteiger partial charge >= 0.3 is 5.97 Å². The fourth-order valence-corrected chi connectivity index (χ4v) is 4.96. The number of esters is 1. The van der Waals surface area contributed by atoms with Crippen LogP contribution < -0.4 is 0 Å². The number of hydrogen-bond acceptors (Lipinski definition) is 4. The quantitative estimate of drug-likeness (QED) is 0.164. The molecule has 0 aliphatic carbocycles. The highest BCUT2D eigenvalue weighted by Gasteiger charge is 2.23. The number of ether oxygens (including phenoxy) is 1. The van der Waals surface area contributed by atoms with Crippen LogP contribution in [0.1, 0.15) is 39.6 Å². The Hall–Kier alpha value is -4.22. The molecule has 0 bridgehead atoms. The van der Waals surface area contributed by atoms with Gasteiger partial charge in [-0.3, -0.25) is 4.79 Å². The zero-order valence-corrected chi connectivity index (χ0v) is 21.9. The standard InChI is InChI=1S/C32H24ClFO4/c1-4-28(35)30-26-16-20(11-14-29(26)38-31(30)19-9-12-21(34)13-10-19)23-17-25(32(36)37-3)24(15-18(23)2)22-7-5-6-8-27(22)33/h5-17H,4H2,1-3H3. The number of methoxy groups -OCH3 is 1. The second-order valence-electron chi connectivity index (χ2n) is 8.98. The molecule has 0 aliphatic heterocycles. The third-order valence-corrected chi connectivity index (χ3v) is 6.97. The van der Waals surface area contributed by atoms with Crippen LogP contribution >= 0.6 is 11.6 Å². The molecule has 4 nitrogen and oxygen atoms in total. The van der Waals surface area contributed by atoms with E-state index in [1.807, 2.05) is 49.4 Å². The molecule has 190 valence electrons. The van der Waals surface area contributed by atoms with E-state index in [2.05, 4.69) is 0 Å². The normalized spacial score (nSPS) is 11.1. The van der Waals surface area contributed by atoms with E-state index in [0.717, 1.165) is 22.3 Å². The van der Waals surface area contributed by atoms with Crippen molar-refractivity contribution in [2.45, 2.75) is 20.3 Å². The summed E-state index contributed by atoms with van der Waals surface area (Å²) in [6.45, 7) is 3.75. The summed E-state index contributed by atoms with van der Waals surface area (Å²) in [6.07, 6.45) is 0.283.